The lowest BCUT2D eigenvalue weighted by atomic mass is 10.4. The molecule has 0 spiro atoms. The van der Waals surface area contributed by atoms with E-state index in [0.29, 0.717) is 13.0 Å². The fourth-order valence-corrected chi connectivity index (χ4v) is 5.70. The molecule has 0 saturated carbocycles. The van der Waals surface area contributed by atoms with Gasteiger partial charge in [0.25, 0.3) is 0 Å². The molecule has 0 aromatic rings. The van der Waals surface area contributed by atoms with Gasteiger partial charge < -0.3 is 5.32 Å². The molecule has 1 saturated heterocycles. The minimum atomic E-state index is -3.34. The Balaban J connectivity index is 2.49. The van der Waals surface area contributed by atoms with Crippen molar-refractivity contribution in [2.24, 2.45) is 0 Å². The van der Waals surface area contributed by atoms with Gasteiger partial charge >= 0.3 is 0 Å². The second-order valence-corrected chi connectivity index (χ2v) is 9.26. The number of sulfone groups is 1. The van der Waals surface area contributed by atoms with Gasteiger partial charge in [0.2, 0.25) is 10.0 Å². The number of nitrogens with zero attached hydrogens (tertiary/aromatic N) is 1. The first kappa shape index (κ1) is 16.9. The molecule has 1 heterocycles. The summed E-state index contributed by atoms with van der Waals surface area (Å²) < 4.78 is 48.5. The Labute approximate surface area is 116 Å². The van der Waals surface area contributed by atoms with Crippen LogP contribution in [0.3, 0.4) is 0 Å². The van der Waals surface area contributed by atoms with E-state index in [9.17, 15) is 16.8 Å². The predicted octanol–water partition coefficient (Wildman–Crippen LogP) is -0.175. The second-order valence-electron chi connectivity index (χ2n) is 4.99. The minimum Gasteiger partial charge on any atom is -0.317 e. The average Bonchev–Trinajstić information content (AvgIpc) is 2.26. The van der Waals surface area contributed by atoms with E-state index in [1.54, 1.807) is 6.92 Å². The van der Waals surface area contributed by atoms with Crippen LogP contribution in [-0.2, 0) is 19.9 Å². The highest BCUT2D eigenvalue weighted by Gasteiger charge is 2.35. The summed E-state index contributed by atoms with van der Waals surface area (Å²) >= 11 is 0. The molecule has 1 atom stereocenters. The standard InChI is InChI=1S/C11H24N2O4S2/c1-3-5-12-6-4-8-19(16,17)13-7-9-18(14,15)10-11(13)2/h11-12H,3-10H2,1-2H3. The highest BCUT2D eigenvalue weighted by molar-refractivity contribution is 7.92. The minimum absolute atomic E-state index is 0.0648. The van der Waals surface area contributed by atoms with E-state index in [-0.39, 0.29) is 23.8 Å². The topological polar surface area (TPSA) is 83.6 Å². The van der Waals surface area contributed by atoms with Crippen LogP contribution in [0.4, 0.5) is 0 Å². The molecule has 1 fully saturated rings. The van der Waals surface area contributed by atoms with Crippen LogP contribution in [0.1, 0.15) is 26.7 Å². The van der Waals surface area contributed by atoms with E-state index in [2.05, 4.69) is 12.2 Å². The molecule has 1 aliphatic rings. The molecule has 114 valence electrons. The van der Waals surface area contributed by atoms with Gasteiger partial charge in [-0.15, -0.1) is 0 Å². The van der Waals surface area contributed by atoms with Gasteiger partial charge in [0.1, 0.15) is 0 Å². The van der Waals surface area contributed by atoms with Crippen molar-refractivity contribution in [3.63, 3.8) is 0 Å². The first-order valence-electron chi connectivity index (χ1n) is 6.69. The van der Waals surface area contributed by atoms with E-state index in [0.717, 1.165) is 13.0 Å². The Bertz CT molecular complexity index is 473. The third-order valence-corrected chi connectivity index (χ3v) is 7.01. The molecule has 1 N–H and O–H groups in total. The monoisotopic (exact) mass is 312 g/mol. The SMILES string of the molecule is CCCNCCCS(=O)(=O)N1CCS(=O)(=O)CC1C. The van der Waals surface area contributed by atoms with Crippen LogP contribution in [0.2, 0.25) is 0 Å². The zero-order chi connectivity index (χ0) is 14.5. The lowest BCUT2D eigenvalue weighted by Gasteiger charge is -2.32. The third-order valence-electron chi connectivity index (χ3n) is 3.15. The Kier molecular flexibility index (Phi) is 6.22. The molecule has 1 rings (SSSR count). The molecule has 0 aromatic heterocycles. The summed E-state index contributed by atoms with van der Waals surface area (Å²) in [5.41, 5.74) is 0. The fourth-order valence-electron chi connectivity index (χ4n) is 2.20. The second kappa shape index (κ2) is 7.01. The summed E-state index contributed by atoms with van der Waals surface area (Å²) in [5.74, 6) is -0.0565. The summed E-state index contributed by atoms with van der Waals surface area (Å²) in [5, 5.41) is 3.16. The molecule has 19 heavy (non-hydrogen) atoms. The van der Waals surface area contributed by atoms with Gasteiger partial charge in [0.15, 0.2) is 9.84 Å². The maximum absolute atomic E-state index is 12.1. The number of hydrogen-bond donors (Lipinski definition) is 1. The molecule has 0 aromatic carbocycles. The van der Waals surface area contributed by atoms with Gasteiger partial charge in [-0.1, -0.05) is 6.92 Å². The van der Waals surface area contributed by atoms with Crippen molar-refractivity contribution < 1.29 is 16.8 Å². The van der Waals surface area contributed by atoms with Crippen molar-refractivity contribution in [2.75, 3.05) is 36.9 Å². The van der Waals surface area contributed by atoms with E-state index < -0.39 is 25.9 Å². The van der Waals surface area contributed by atoms with Crippen molar-refractivity contribution in [2.45, 2.75) is 32.7 Å². The zero-order valence-electron chi connectivity index (χ0n) is 11.6. The molecule has 0 amide bonds. The van der Waals surface area contributed by atoms with Crippen LogP contribution in [0.15, 0.2) is 0 Å². The predicted molar refractivity (Wildman–Crippen MR) is 76.4 cm³/mol. The molecule has 0 bridgehead atoms. The molecular formula is C11H24N2O4S2. The first-order valence-corrected chi connectivity index (χ1v) is 10.1. The van der Waals surface area contributed by atoms with Crippen LogP contribution in [0, 0.1) is 0 Å². The van der Waals surface area contributed by atoms with Gasteiger partial charge in [-0.25, -0.2) is 16.8 Å². The highest BCUT2D eigenvalue weighted by atomic mass is 32.2. The lowest BCUT2D eigenvalue weighted by molar-refractivity contribution is 0.356. The molecule has 6 nitrogen and oxygen atoms in total. The maximum Gasteiger partial charge on any atom is 0.214 e. The van der Waals surface area contributed by atoms with Gasteiger partial charge in [-0.2, -0.15) is 4.31 Å². The fraction of sp³-hybridized carbons (Fsp3) is 1.00. The van der Waals surface area contributed by atoms with E-state index >= 15 is 0 Å². The van der Waals surface area contributed by atoms with Crippen molar-refractivity contribution in [1.82, 2.24) is 9.62 Å². The molecular weight excluding hydrogens is 288 g/mol. The van der Waals surface area contributed by atoms with Gasteiger partial charge in [0.05, 0.1) is 17.3 Å². The van der Waals surface area contributed by atoms with Crippen LogP contribution >= 0.6 is 0 Å². The Morgan fingerprint density at radius 2 is 2.00 bits per heavy atom. The van der Waals surface area contributed by atoms with Gasteiger partial charge in [-0.05, 0) is 32.9 Å². The van der Waals surface area contributed by atoms with Gasteiger partial charge in [-0.3, -0.25) is 0 Å². The van der Waals surface area contributed by atoms with Crippen LogP contribution < -0.4 is 5.32 Å². The molecule has 1 aliphatic heterocycles. The molecule has 8 heteroatoms. The van der Waals surface area contributed by atoms with Crippen LogP contribution in [0.5, 0.6) is 0 Å². The van der Waals surface area contributed by atoms with Crippen molar-refractivity contribution in [3.05, 3.63) is 0 Å². The number of nitrogens with one attached hydrogen (secondary N) is 1. The zero-order valence-corrected chi connectivity index (χ0v) is 13.3. The van der Waals surface area contributed by atoms with Crippen molar-refractivity contribution in [3.8, 4) is 0 Å². The van der Waals surface area contributed by atoms with E-state index in [1.165, 1.54) is 4.31 Å². The van der Waals surface area contributed by atoms with E-state index in [1.807, 2.05) is 0 Å². The third kappa shape index (κ3) is 5.37. The first-order chi connectivity index (χ1) is 8.78. The van der Waals surface area contributed by atoms with Crippen LogP contribution in [-0.4, -0.2) is 64.1 Å². The smallest absolute Gasteiger partial charge is 0.214 e. The van der Waals surface area contributed by atoms with Crippen LogP contribution in [0.25, 0.3) is 0 Å². The Morgan fingerprint density at radius 1 is 1.32 bits per heavy atom. The van der Waals surface area contributed by atoms with Crippen molar-refractivity contribution >= 4 is 19.9 Å². The quantitative estimate of drug-likeness (QED) is 0.660. The van der Waals surface area contributed by atoms with Gasteiger partial charge in [0, 0.05) is 12.6 Å². The maximum atomic E-state index is 12.1. The Hall–Kier alpha value is -0.180. The molecule has 0 radical (unpaired) electrons. The summed E-state index contributed by atoms with van der Waals surface area (Å²) in [6.45, 7) is 5.36. The highest BCUT2D eigenvalue weighted by Crippen LogP contribution is 2.16. The normalized spacial score (nSPS) is 24.4. The number of rotatable bonds is 7. The van der Waals surface area contributed by atoms with Crippen molar-refractivity contribution in [1.29, 1.82) is 0 Å². The lowest BCUT2D eigenvalue weighted by Crippen LogP contribution is -2.50. The summed E-state index contributed by atoms with van der Waals surface area (Å²) in [6.07, 6.45) is 1.58. The summed E-state index contributed by atoms with van der Waals surface area (Å²) in [7, 11) is -6.42. The molecule has 1 unspecified atom stereocenters. The number of hydrogen-bond acceptors (Lipinski definition) is 5. The largest absolute Gasteiger partial charge is 0.317 e. The molecule has 0 aliphatic carbocycles. The summed E-state index contributed by atoms with van der Waals surface area (Å²) in [6, 6.07) is -0.452. The number of sulfonamides is 1. The summed E-state index contributed by atoms with van der Waals surface area (Å²) in [4.78, 5) is 0. The average molecular weight is 312 g/mol. The Morgan fingerprint density at radius 3 is 2.58 bits per heavy atom. The van der Waals surface area contributed by atoms with E-state index in [4.69, 9.17) is 0 Å².